The van der Waals surface area contributed by atoms with Gasteiger partial charge in [0.25, 0.3) is 0 Å². The van der Waals surface area contributed by atoms with Crippen molar-refractivity contribution in [1.82, 2.24) is 10.2 Å². The van der Waals surface area contributed by atoms with E-state index in [-0.39, 0.29) is 0 Å². The zero-order valence-electron chi connectivity index (χ0n) is 7.23. The first-order valence-electron chi connectivity index (χ1n) is 3.98. The molecule has 2 rings (SSSR count). The van der Waals surface area contributed by atoms with E-state index in [1.165, 1.54) is 0 Å². The van der Waals surface area contributed by atoms with E-state index in [1.54, 1.807) is 24.5 Å². The van der Waals surface area contributed by atoms with Gasteiger partial charge in [-0.05, 0) is 13.0 Å². The Hall–Kier alpha value is -1.84. The van der Waals surface area contributed by atoms with Crippen LogP contribution in [0, 0.1) is 6.92 Å². The van der Waals surface area contributed by atoms with Crippen LogP contribution in [0.2, 0.25) is 0 Å². The summed E-state index contributed by atoms with van der Waals surface area (Å²) in [7, 11) is 0. The third-order valence-electron chi connectivity index (χ3n) is 1.82. The summed E-state index contributed by atoms with van der Waals surface area (Å²) in [4.78, 5) is 0. The first-order chi connectivity index (χ1) is 6.25. The lowest BCUT2D eigenvalue weighted by Gasteiger charge is -1.90. The lowest BCUT2D eigenvalue weighted by molar-refractivity contribution is -0.904. The molecule has 0 atom stereocenters. The molecule has 0 spiro atoms. The molecule has 66 valence electrons. The molecule has 0 bridgehead atoms. The van der Waals surface area contributed by atoms with Crippen molar-refractivity contribution in [3.63, 3.8) is 0 Å². The molecule has 0 aliphatic heterocycles. The molecule has 0 saturated carbocycles. The number of aromatic nitrogens is 3. The number of pyridine rings is 1. The SMILES string of the molecule is Cc1cc(-c2cc[n+](O)cc2)n[nH]1. The Morgan fingerprint density at radius 3 is 2.62 bits per heavy atom. The molecule has 2 N–H and O–H groups in total. The van der Waals surface area contributed by atoms with Crippen LogP contribution in [0.1, 0.15) is 5.69 Å². The predicted molar refractivity (Wildman–Crippen MR) is 46.1 cm³/mol. The van der Waals surface area contributed by atoms with Crippen LogP contribution in [0.3, 0.4) is 0 Å². The first kappa shape index (κ1) is 7.79. The smallest absolute Gasteiger partial charge is 0.222 e. The number of aryl methyl sites for hydroxylation is 1. The van der Waals surface area contributed by atoms with Crippen molar-refractivity contribution in [3.05, 3.63) is 36.3 Å². The van der Waals surface area contributed by atoms with Gasteiger partial charge in [-0.25, -0.2) is 0 Å². The summed E-state index contributed by atoms with van der Waals surface area (Å²) in [6.45, 7) is 1.95. The Balaban J connectivity index is 2.41. The molecule has 0 unspecified atom stereocenters. The molecule has 0 aliphatic carbocycles. The van der Waals surface area contributed by atoms with Gasteiger partial charge < -0.3 is 0 Å². The van der Waals surface area contributed by atoms with E-state index in [2.05, 4.69) is 10.2 Å². The molecule has 0 radical (unpaired) electrons. The number of nitrogens with zero attached hydrogens (tertiary/aromatic N) is 2. The topological polar surface area (TPSA) is 52.8 Å². The number of aromatic amines is 1. The Labute approximate surface area is 75.4 Å². The van der Waals surface area contributed by atoms with E-state index in [0.717, 1.165) is 21.7 Å². The molecule has 13 heavy (non-hydrogen) atoms. The van der Waals surface area contributed by atoms with E-state index >= 15 is 0 Å². The van der Waals surface area contributed by atoms with Crippen LogP contribution >= 0.6 is 0 Å². The minimum atomic E-state index is 0.887. The maximum atomic E-state index is 9.00. The van der Waals surface area contributed by atoms with Crippen LogP contribution in [-0.4, -0.2) is 15.4 Å². The van der Waals surface area contributed by atoms with Crippen LogP contribution in [-0.2, 0) is 0 Å². The highest BCUT2D eigenvalue weighted by molar-refractivity contribution is 5.57. The van der Waals surface area contributed by atoms with Crippen LogP contribution in [0.15, 0.2) is 30.6 Å². The zero-order chi connectivity index (χ0) is 9.26. The minimum absolute atomic E-state index is 0.887. The summed E-state index contributed by atoms with van der Waals surface area (Å²) in [6, 6.07) is 5.56. The molecule has 0 fully saturated rings. The number of hydrogen-bond acceptors (Lipinski definition) is 2. The highest BCUT2D eigenvalue weighted by atomic mass is 16.5. The third kappa shape index (κ3) is 1.51. The molecular formula is C9H10N3O+. The second-order valence-corrected chi connectivity index (χ2v) is 2.90. The standard InChI is InChI=1S/C9H9N3O/c1-7-6-9(11-10-7)8-2-4-12(13)5-3-8/h2-6,13H,1H3/p+1. The number of H-pyrrole nitrogens is 1. The maximum Gasteiger partial charge on any atom is 0.222 e. The maximum absolute atomic E-state index is 9.00. The van der Waals surface area contributed by atoms with Crippen molar-refractivity contribution < 1.29 is 9.94 Å². The lowest BCUT2D eigenvalue weighted by Crippen LogP contribution is -2.27. The minimum Gasteiger partial charge on any atom is -0.285 e. The number of hydrogen-bond donors (Lipinski definition) is 2. The number of nitrogens with one attached hydrogen (secondary N) is 1. The van der Waals surface area contributed by atoms with Gasteiger partial charge in [0.05, 0.1) is 5.69 Å². The van der Waals surface area contributed by atoms with Gasteiger partial charge in [0, 0.05) is 28.1 Å². The van der Waals surface area contributed by atoms with Gasteiger partial charge in [-0.1, -0.05) is 0 Å². The molecule has 2 heterocycles. The van der Waals surface area contributed by atoms with Gasteiger partial charge in [0.2, 0.25) is 12.4 Å². The summed E-state index contributed by atoms with van der Waals surface area (Å²) >= 11 is 0. The third-order valence-corrected chi connectivity index (χ3v) is 1.82. The van der Waals surface area contributed by atoms with Crippen molar-refractivity contribution in [2.24, 2.45) is 0 Å². The summed E-state index contributed by atoms with van der Waals surface area (Å²) in [5, 5.41) is 16.0. The van der Waals surface area contributed by atoms with Crippen LogP contribution in [0.5, 0.6) is 0 Å². The molecular weight excluding hydrogens is 166 g/mol. The van der Waals surface area contributed by atoms with Crippen molar-refractivity contribution in [2.75, 3.05) is 0 Å². The second-order valence-electron chi connectivity index (χ2n) is 2.90. The normalized spacial score (nSPS) is 10.2. The van der Waals surface area contributed by atoms with Crippen LogP contribution in [0.4, 0.5) is 0 Å². The summed E-state index contributed by atoms with van der Waals surface area (Å²) in [5.41, 5.74) is 2.89. The Morgan fingerprint density at radius 2 is 2.08 bits per heavy atom. The Kier molecular flexibility index (Phi) is 1.73. The zero-order valence-corrected chi connectivity index (χ0v) is 7.23. The lowest BCUT2D eigenvalue weighted by atomic mass is 10.2. The summed E-state index contributed by atoms with van der Waals surface area (Å²) < 4.78 is 1.00. The molecule has 0 aliphatic rings. The van der Waals surface area contributed by atoms with Crippen LogP contribution in [0.25, 0.3) is 11.3 Å². The van der Waals surface area contributed by atoms with Gasteiger partial charge in [0.15, 0.2) is 0 Å². The van der Waals surface area contributed by atoms with Gasteiger partial charge in [-0.3, -0.25) is 10.3 Å². The highest BCUT2D eigenvalue weighted by Crippen LogP contribution is 2.14. The molecule has 0 aromatic carbocycles. The fraction of sp³-hybridized carbons (Fsp3) is 0.111. The molecule has 0 amide bonds. The average Bonchev–Trinajstić information content (AvgIpc) is 2.53. The molecule has 4 nitrogen and oxygen atoms in total. The van der Waals surface area contributed by atoms with Crippen molar-refractivity contribution in [1.29, 1.82) is 0 Å². The van der Waals surface area contributed by atoms with E-state index in [1.807, 2.05) is 13.0 Å². The molecule has 2 aromatic heterocycles. The average molecular weight is 176 g/mol. The Bertz CT molecular complexity index is 405. The van der Waals surface area contributed by atoms with E-state index in [9.17, 15) is 0 Å². The predicted octanol–water partition coefficient (Wildman–Crippen LogP) is 0.910. The second kappa shape index (κ2) is 2.90. The van der Waals surface area contributed by atoms with Crippen molar-refractivity contribution >= 4 is 0 Å². The fourth-order valence-corrected chi connectivity index (χ4v) is 1.16. The highest BCUT2D eigenvalue weighted by Gasteiger charge is 2.03. The van der Waals surface area contributed by atoms with Crippen molar-refractivity contribution in [3.8, 4) is 11.3 Å². The van der Waals surface area contributed by atoms with Gasteiger partial charge in [-0.2, -0.15) is 5.10 Å². The summed E-state index contributed by atoms with van der Waals surface area (Å²) in [5.74, 6) is 0. The monoisotopic (exact) mass is 176 g/mol. The van der Waals surface area contributed by atoms with Crippen molar-refractivity contribution in [2.45, 2.75) is 6.92 Å². The largest absolute Gasteiger partial charge is 0.285 e. The van der Waals surface area contributed by atoms with E-state index < -0.39 is 0 Å². The number of rotatable bonds is 1. The molecule has 4 heteroatoms. The van der Waals surface area contributed by atoms with Gasteiger partial charge in [-0.15, -0.1) is 0 Å². The van der Waals surface area contributed by atoms with Crippen LogP contribution < -0.4 is 4.73 Å². The molecule has 2 aromatic rings. The Morgan fingerprint density at radius 1 is 1.38 bits per heavy atom. The summed E-state index contributed by atoms with van der Waals surface area (Å²) in [6.07, 6.45) is 3.14. The fourth-order valence-electron chi connectivity index (χ4n) is 1.16. The van der Waals surface area contributed by atoms with Gasteiger partial charge in [0.1, 0.15) is 0 Å². The quantitative estimate of drug-likeness (QED) is 0.501. The van der Waals surface area contributed by atoms with E-state index in [0.29, 0.717) is 0 Å². The van der Waals surface area contributed by atoms with Gasteiger partial charge >= 0.3 is 0 Å². The molecule has 0 saturated heterocycles. The van der Waals surface area contributed by atoms with E-state index in [4.69, 9.17) is 5.21 Å². The first-order valence-corrected chi connectivity index (χ1v) is 3.98.